The fraction of sp³-hybridized carbons (Fsp3) is 0.235. The van der Waals surface area contributed by atoms with Crippen molar-refractivity contribution in [1.82, 2.24) is 9.55 Å². The van der Waals surface area contributed by atoms with E-state index in [1.807, 2.05) is 56.4 Å². The van der Waals surface area contributed by atoms with Gasteiger partial charge in [-0.3, -0.25) is 0 Å². The molecule has 1 heterocycles. The number of rotatable bonds is 4. The first kappa shape index (κ1) is 13.5. The second kappa shape index (κ2) is 5.48. The Hall–Kier alpha value is -2.49. The second-order valence-electron chi connectivity index (χ2n) is 5.26. The van der Waals surface area contributed by atoms with E-state index in [4.69, 9.17) is 4.74 Å². The van der Waals surface area contributed by atoms with Gasteiger partial charge in [0.05, 0.1) is 5.52 Å². The Morgan fingerprint density at radius 1 is 1.05 bits per heavy atom. The molecule has 108 valence electrons. The van der Waals surface area contributed by atoms with Crippen molar-refractivity contribution in [2.24, 2.45) is 7.05 Å². The van der Waals surface area contributed by atoms with Crippen LogP contribution < -0.4 is 9.64 Å². The van der Waals surface area contributed by atoms with Gasteiger partial charge in [0.1, 0.15) is 17.9 Å². The van der Waals surface area contributed by atoms with Crippen molar-refractivity contribution >= 4 is 17.0 Å². The van der Waals surface area contributed by atoms with Crippen LogP contribution in [0, 0.1) is 0 Å². The number of hydrogen-bond acceptors (Lipinski definition) is 3. The van der Waals surface area contributed by atoms with Crippen LogP contribution in [0.15, 0.2) is 48.5 Å². The van der Waals surface area contributed by atoms with Gasteiger partial charge in [0.15, 0.2) is 0 Å². The standard InChI is InChI=1S/C17H19N3O/c1-19(2)17-18-16-14(20(17)3)10-7-11-15(16)21-12-13-8-5-4-6-9-13/h4-11H,12H2,1-3H3. The number of anilines is 1. The van der Waals surface area contributed by atoms with Crippen LogP contribution in [-0.2, 0) is 13.7 Å². The van der Waals surface area contributed by atoms with Gasteiger partial charge in [-0.1, -0.05) is 36.4 Å². The minimum Gasteiger partial charge on any atom is -0.487 e. The molecule has 1 aromatic heterocycles. The summed E-state index contributed by atoms with van der Waals surface area (Å²) in [7, 11) is 6.00. The first-order valence-corrected chi connectivity index (χ1v) is 6.96. The SMILES string of the molecule is CN(C)c1nc2c(OCc3ccccc3)cccc2n1C. The summed E-state index contributed by atoms with van der Waals surface area (Å²) in [4.78, 5) is 6.69. The Morgan fingerprint density at radius 2 is 1.81 bits per heavy atom. The summed E-state index contributed by atoms with van der Waals surface area (Å²) in [6.45, 7) is 0.549. The zero-order valence-electron chi connectivity index (χ0n) is 12.6. The van der Waals surface area contributed by atoms with E-state index in [1.54, 1.807) is 0 Å². The second-order valence-corrected chi connectivity index (χ2v) is 5.26. The van der Waals surface area contributed by atoms with E-state index >= 15 is 0 Å². The number of nitrogens with zero attached hydrogens (tertiary/aromatic N) is 3. The maximum atomic E-state index is 5.96. The van der Waals surface area contributed by atoms with Crippen molar-refractivity contribution in [1.29, 1.82) is 0 Å². The van der Waals surface area contributed by atoms with Gasteiger partial charge >= 0.3 is 0 Å². The molecule has 0 atom stereocenters. The molecule has 21 heavy (non-hydrogen) atoms. The quantitative estimate of drug-likeness (QED) is 0.735. The van der Waals surface area contributed by atoms with Gasteiger partial charge in [0.2, 0.25) is 5.95 Å². The third-order valence-electron chi connectivity index (χ3n) is 3.49. The molecule has 0 bridgehead atoms. The van der Waals surface area contributed by atoms with Crippen LogP contribution in [0.3, 0.4) is 0 Å². The molecule has 0 aliphatic carbocycles. The lowest BCUT2D eigenvalue weighted by Crippen LogP contribution is -2.13. The van der Waals surface area contributed by atoms with Crippen LogP contribution in [0.4, 0.5) is 5.95 Å². The van der Waals surface area contributed by atoms with E-state index in [2.05, 4.69) is 27.8 Å². The predicted octanol–water partition coefficient (Wildman–Crippen LogP) is 3.22. The van der Waals surface area contributed by atoms with Crippen molar-refractivity contribution in [2.45, 2.75) is 6.61 Å². The van der Waals surface area contributed by atoms with Gasteiger partial charge < -0.3 is 14.2 Å². The summed E-state index contributed by atoms with van der Waals surface area (Å²) in [5, 5.41) is 0. The average Bonchev–Trinajstić information content (AvgIpc) is 2.84. The summed E-state index contributed by atoms with van der Waals surface area (Å²) in [5.41, 5.74) is 3.13. The van der Waals surface area contributed by atoms with Gasteiger partial charge in [0.25, 0.3) is 0 Å². The summed E-state index contributed by atoms with van der Waals surface area (Å²) >= 11 is 0. The van der Waals surface area contributed by atoms with Crippen LogP contribution in [0.25, 0.3) is 11.0 Å². The van der Waals surface area contributed by atoms with Gasteiger partial charge in [0, 0.05) is 21.1 Å². The molecule has 0 aliphatic rings. The lowest BCUT2D eigenvalue weighted by Gasteiger charge is -2.10. The van der Waals surface area contributed by atoms with Crippen molar-refractivity contribution in [3.8, 4) is 5.75 Å². The molecule has 4 nitrogen and oxygen atoms in total. The number of aromatic nitrogens is 2. The number of hydrogen-bond donors (Lipinski definition) is 0. The largest absolute Gasteiger partial charge is 0.487 e. The maximum Gasteiger partial charge on any atom is 0.205 e. The van der Waals surface area contributed by atoms with Gasteiger partial charge in [-0.05, 0) is 17.7 Å². The molecule has 3 rings (SSSR count). The summed E-state index contributed by atoms with van der Waals surface area (Å²) in [6, 6.07) is 16.2. The Bertz CT molecular complexity index is 747. The van der Waals surface area contributed by atoms with Crippen LogP contribution in [0.2, 0.25) is 0 Å². The molecule has 0 fully saturated rings. The zero-order chi connectivity index (χ0) is 14.8. The molecule has 0 aliphatic heterocycles. The predicted molar refractivity (Wildman–Crippen MR) is 85.8 cm³/mol. The summed E-state index contributed by atoms with van der Waals surface area (Å²) in [5.74, 6) is 1.74. The highest BCUT2D eigenvalue weighted by Gasteiger charge is 2.13. The zero-order valence-corrected chi connectivity index (χ0v) is 12.6. The number of para-hydroxylation sites is 1. The van der Waals surface area contributed by atoms with E-state index in [0.29, 0.717) is 6.61 Å². The number of benzene rings is 2. The summed E-state index contributed by atoms with van der Waals surface area (Å²) in [6.07, 6.45) is 0. The molecule has 0 spiro atoms. The Balaban J connectivity index is 1.94. The Labute approximate surface area is 124 Å². The lowest BCUT2D eigenvalue weighted by atomic mass is 10.2. The van der Waals surface area contributed by atoms with Crippen molar-refractivity contribution < 1.29 is 4.74 Å². The molecule has 0 radical (unpaired) electrons. The Kier molecular flexibility index (Phi) is 3.52. The normalized spacial score (nSPS) is 10.8. The van der Waals surface area contributed by atoms with Crippen molar-refractivity contribution in [3.05, 3.63) is 54.1 Å². The van der Waals surface area contributed by atoms with Gasteiger partial charge in [-0.25, -0.2) is 4.98 Å². The molecule has 0 N–H and O–H groups in total. The monoisotopic (exact) mass is 281 g/mol. The first-order chi connectivity index (χ1) is 10.2. The fourth-order valence-corrected chi connectivity index (χ4v) is 2.43. The lowest BCUT2D eigenvalue weighted by molar-refractivity contribution is 0.309. The van der Waals surface area contributed by atoms with E-state index < -0.39 is 0 Å². The molecule has 0 unspecified atom stereocenters. The molecular weight excluding hydrogens is 262 g/mol. The van der Waals surface area contributed by atoms with Crippen molar-refractivity contribution in [2.75, 3.05) is 19.0 Å². The van der Waals surface area contributed by atoms with Crippen LogP contribution in [-0.4, -0.2) is 23.6 Å². The van der Waals surface area contributed by atoms with E-state index in [0.717, 1.165) is 28.3 Å². The number of aryl methyl sites for hydroxylation is 1. The molecule has 2 aromatic carbocycles. The highest BCUT2D eigenvalue weighted by Crippen LogP contribution is 2.28. The molecule has 3 aromatic rings. The minimum absolute atomic E-state index is 0.549. The van der Waals surface area contributed by atoms with E-state index in [9.17, 15) is 0 Å². The molecule has 0 saturated heterocycles. The average molecular weight is 281 g/mol. The van der Waals surface area contributed by atoms with E-state index in [-0.39, 0.29) is 0 Å². The number of fused-ring (bicyclic) bond motifs is 1. The van der Waals surface area contributed by atoms with Crippen LogP contribution in [0.5, 0.6) is 5.75 Å². The van der Waals surface area contributed by atoms with E-state index in [1.165, 1.54) is 0 Å². The third-order valence-corrected chi connectivity index (χ3v) is 3.49. The summed E-state index contributed by atoms with van der Waals surface area (Å²) < 4.78 is 8.03. The molecule has 4 heteroatoms. The van der Waals surface area contributed by atoms with Gasteiger partial charge in [-0.15, -0.1) is 0 Å². The van der Waals surface area contributed by atoms with Crippen LogP contribution in [0.1, 0.15) is 5.56 Å². The van der Waals surface area contributed by atoms with Crippen LogP contribution >= 0.6 is 0 Å². The van der Waals surface area contributed by atoms with Gasteiger partial charge in [-0.2, -0.15) is 0 Å². The topological polar surface area (TPSA) is 30.3 Å². The number of imidazole rings is 1. The first-order valence-electron chi connectivity index (χ1n) is 6.96. The third kappa shape index (κ3) is 2.57. The highest BCUT2D eigenvalue weighted by molar-refractivity contribution is 5.84. The fourth-order valence-electron chi connectivity index (χ4n) is 2.43. The number of ether oxygens (including phenoxy) is 1. The molecule has 0 saturated carbocycles. The molecule has 0 amide bonds. The minimum atomic E-state index is 0.549. The highest BCUT2D eigenvalue weighted by atomic mass is 16.5. The Morgan fingerprint density at radius 3 is 2.52 bits per heavy atom. The molecular formula is C17H19N3O. The maximum absolute atomic E-state index is 5.96. The smallest absolute Gasteiger partial charge is 0.205 e. The van der Waals surface area contributed by atoms with Crippen molar-refractivity contribution in [3.63, 3.8) is 0 Å².